The van der Waals surface area contributed by atoms with Gasteiger partial charge in [0.25, 0.3) is 5.91 Å². The first-order valence-electron chi connectivity index (χ1n) is 11.2. The number of carbonyl (C=O) groups excluding carboxylic acids is 1. The van der Waals surface area contributed by atoms with Crippen molar-refractivity contribution in [3.8, 4) is 22.8 Å². The molecule has 5 nitrogen and oxygen atoms in total. The summed E-state index contributed by atoms with van der Waals surface area (Å²) in [6.45, 7) is 0.897. The average Bonchev–Trinajstić information content (AvgIpc) is 3.64. The van der Waals surface area contributed by atoms with Crippen LogP contribution in [-0.2, 0) is 0 Å². The molecule has 1 heterocycles. The van der Waals surface area contributed by atoms with Crippen LogP contribution >= 0.6 is 11.6 Å². The van der Waals surface area contributed by atoms with Gasteiger partial charge < -0.3 is 14.8 Å². The molecular formula is C26H23ClF4N2O3. The van der Waals surface area contributed by atoms with E-state index >= 15 is 0 Å². The highest BCUT2D eigenvalue weighted by Gasteiger charge is 2.42. The lowest BCUT2D eigenvalue weighted by Crippen LogP contribution is -2.35. The number of nitrogens with one attached hydrogen (secondary N) is 1. The molecule has 1 aliphatic carbocycles. The molecule has 1 unspecified atom stereocenters. The van der Waals surface area contributed by atoms with Crippen LogP contribution in [-0.4, -0.2) is 36.8 Å². The van der Waals surface area contributed by atoms with Crippen molar-refractivity contribution in [1.82, 2.24) is 10.3 Å². The fourth-order valence-corrected chi connectivity index (χ4v) is 3.81. The highest BCUT2D eigenvalue weighted by Crippen LogP contribution is 2.36. The van der Waals surface area contributed by atoms with Gasteiger partial charge in [0.2, 0.25) is 0 Å². The highest BCUT2D eigenvalue weighted by atomic mass is 35.5. The zero-order chi connectivity index (χ0) is 26.0. The molecule has 36 heavy (non-hydrogen) atoms. The molecule has 1 aliphatic rings. The number of ether oxygens (including phenoxy) is 2. The smallest absolute Gasteiger partial charge is 0.398 e. The number of benzene rings is 2. The fraction of sp³-hybridized carbons (Fsp3) is 0.308. The number of halogens is 5. The molecule has 190 valence electrons. The summed E-state index contributed by atoms with van der Waals surface area (Å²) in [5.74, 6) is -2.62. The molecule has 0 radical (unpaired) electrons. The monoisotopic (exact) mass is 522 g/mol. The Balaban J connectivity index is 1.56. The van der Waals surface area contributed by atoms with Crippen molar-refractivity contribution in [3.63, 3.8) is 0 Å². The van der Waals surface area contributed by atoms with Crippen molar-refractivity contribution < 1.29 is 31.8 Å². The van der Waals surface area contributed by atoms with E-state index < -0.39 is 30.4 Å². The van der Waals surface area contributed by atoms with Gasteiger partial charge in [0.15, 0.2) is 11.5 Å². The lowest BCUT2D eigenvalue weighted by molar-refractivity contribution is -0.149. The maximum Gasteiger partial charge on any atom is 0.398 e. The van der Waals surface area contributed by atoms with E-state index in [0.29, 0.717) is 22.6 Å². The lowest BCUT2D eigenvalue weighted by Gasteiger charge is -2.22. The summed E-state index contributed by atoms with van der Waals surface area (Å²) in [5, 5.41) is 2.19. The molecule has 1 fully saturated rings. The minimum atomic E-state index is -4.69. The molecule has 2 aromatic carbocycles. The molecule has 1 aromatic heterocycles. The summed E-state index contributed by atoms with van der Waals surface area (Å²) >= 11 is 5.83. The van der Waals surface area contributed by atoms with Crippen LogP contribution in [0.4, 0.5) is 17.6 Å². The van der Waals surface area contributed by atoms with Gasteiger partial charge in [-0.2, -0.15) is 13.2 Å². The minimum Gasteiger partial charge on any atom is -0.493 e. The Morgan fingerprint density at radius 2 is 1.89 bits per heavy atom. The summed E-state index contributed by atoms with van der Waals surface area (Å²) in [7, 11) is 1.42. The number of aromatic nitrogens is 1. The van der Waals surface area contributed by atoms with Crippen LogP contribution < -0.4 is 14.8 Å². The molecule has 1 amide bonds. The standard InChI is InChI=1S/C26H23ClF4N2O3/c1-14-9-21(15-3-7-20(28)19(27)11-15)33-22(10-14)18(26(29,30)31)13-32-25(34)16-4-8-23(24(12-16)35-2)36-17-5-6-17/h3-4,7-12,17-18H,5-6,13H2,1-2H3,(H,32,34). The van der Waals surface area contributed by atoms with E-state index in [-0.39, 0.29) is 28.1 Å². The van der Waals surface area contributed by atoms with E-state index in [1.807, 2.05) is 0 Å². The van der Waals surface area contributed by atoms with Crippen LogP contribution in [0, 0.1) is 12.7 Å². The molecule has 0 saturated heterocycles. The summed E-state index contributed by atoms with van der Waals surface area (Å²) < 4.78 is 66.7. The van der Waals surface area contributed by atoms with Crippen molar-refractivity contribution in [2.24, 2.45) is 0 Å². The Morgan fingerprint density at radius 1 is 1.14 bits per heavy atom. The van der Waals surface area contributed by atoms with Gasteiger partial charge in [0.05, 0.1) is 29.6 Å². The fourth-order valence-electron chi connectivity index (χ4n) is 3.63. The van der Waals surface area contributed by atoms with Gasteiger partial charge in [-0.25, -0.2) is 4.39 Å². The van der Waals surface area contributed by atoms with E-state index in [2.05, 4.69) is 10.3 Å². The molecule has 10 heteroatoms. The maximum atomic E-state index is 14.0. The molecule has 0 bridgehead atoms. The zero-order valence-corrected chi connectivity index (χ0v) is 20.2. The second-order valence-electron chi connectivity index (χ2n) is 8.57. The topological polar surface area (TPSA) is 60.5 Å². The minimum absolute atomic E-state index is 0.115. The molecule has 1 N–H and O–H groups in total. The van der Waals surface area contributed by atoms with Crippen molar-refractivity contribution >= 4 is 17.5 Å². The Labute approximate surface area is 210 Å². The molecule has 1 atom stereocenters. The van der Waals surface area contributed by atoms with Crippen LogP contribution in [0.5, 0.6) is 11.5 Å². The number of pyridine rings is 1. The highest BCUT2D eigenvalue weighted by molar-refractivity contribution is 6.31. The van der Waals surface area contributed by atoms with Gasteiger partial charge in [0.1, 0.15) is 11.7 Å². The van der Waals surface area contributed by atoms with Crippen LogP contribution in [0.3, 0.4) is 0 Å². The first-order valence-corrected chi connectivity index (χ1v) is 11.6. The van der Waals surface area contributed by atoms with Crippen molar-refractivity contribution in [2.45, 2.75) is 38.0 Å². The number of aryl methyl sites for hydroxylation is 1. The summed E-state index contributed by atoms with van der Waals surface area (Å²) in [4.78, 5) is 16.9. The number of rotatable bonds is 8. The number of alkyl halides is 3. The molecule has 0 spiro atoms. The zero-order valence-electron chi connectivity index (χ0n) is 19.5. The third-order valence-electron chi connectivity index (χ3n) is 5.67. The number of hydrogen-bond donors (Lipinski definition) is 1. The Morgan fingerprint density at radius 3 is 2.53 bits per heavy atom. The van der Waals surface area contributed by atoms with Crippen molar-refractivity contribution in [1.29, 1.82) is 0 Å². The second-order valence-corrected chi connectivity index (χ2v) is 8.98. The number of hydrogen-bond acceptors (Lipinski definition) is 4. The van der Waals surface area contributed by atoms with Crippen LogP contribution in [0.25, 0.3) is 11.3 Å². The molecular weight excluding hydrogens is 500 g/mol. The van der Waals surface area contributed by atoms with E-state index in [1.54, 1.807) is 19.1 Å². The van der Waals surface area contributed by atoms with E-state index in [1.165, 1.54) is 37.4 Å². The predicted molar refractivity (Wildman–Crippen MR) is 127 cm³/mol. The summed E-state index contributed by atoms with van der Waals surface area (Å²) in [6, 6.07) is 11.2. The van der Waals surface area contributed by atoms with Gasteiger partial charge in [-0.05, 0) is 73.9 Å². The molecule has 4 rings (SSSR count). The predicted octanol–water partition coefficient (Wildman–Crippen LogP) is 6.48. The third-order valence-corrected chi connectivity index (χ3v) is 5.96. The quantitative estimate of drug-likeness (QED) is 0.344. The normalized spacial score (nSPS) is 14.3. The Hall–Kier alpha value is -3.33. The van der Waals surface area contributed by atoms with Crippen LogP contribution in [0.15, 0.2) is 48.5 Å². The van der Waals surface area contributed by atoms with Gasteiger partial charge in [-0.15, -0.1) is 0 Å². The van der Waals surface area contributed by atoms with Gasteiger partial charge in [-0.3, -0.25) is 9.78 Å². The molecule has 0 aliphatic heterocycles. The first-order chi connectivity index (χ1) is 17.0. The van der Waals surface area contributed by atoms with Gasteiger partial charge in [0, 0.05) is 17.7 Å². The Kier molecular flexibility index (Phi) is 7.40. The van der Waals surface area contributed by atoms with Crippen LogP contribution in [0.2, 0.25) is 5.02 Å². The maximum absolute atomic E-state index is 14.0. The summed E-state index contributed by atoms with van der Waals surface area (Å²) in [6.07, 6.45) is -2.70. The molecule has 3 aromatic rings. The average molecular weight is 523 g/mol. The number of methoxy groups -OCH3 is 1. The number of amides is 1. The second kappa shape index (κ2) is 10.3. The van der Waals surface area contributed by atoms with Crippen LogP contribution in [0.1, 0.15) is 40.4 Å². The van der Waals surface area contributed by atoms with E-state index in [0.717, 1.165) is 18.9 Å². The third kappa shape index (κ3) is 6.07. The molecule has 1 saturated carbocycles. The Bertz CT molecular complexity index is 1280. The van der Waals surface area contributed by atoms with Gasteiger partial charge >= 0.3 is 6.18 Å². The number of nitrogens with zero attached hydrogens (tertiary/aromatic N) is 1. The number of carbonyl (C=O) groups is 1. The van der Waals surface area contributed by atoms with Gasteiger partial charge in [-0.1, -0.05) is 11.6 Å². The van der Waals surface area contributed by atoms with Crippen molar-refractivity contribution in [3.05, 3.63) is 76.2 Å². The van der Waals surface area contributed by atoms with E-state index in [9.17, 15) is 22.4 Å². The lowest BCUT2D eigenvalue weighted by atomic mass is 10.00. The summed E-state index contributed by atoms with van der Waals surface area (Å²) in [5.41, 5.74) is 0.964. The largest absolute Gasteiger partial charge is 0.493 e. The SMILES string of the molecule is COc1cc(C(=O)NCC(c2cc(C)cc(-c3ccc(F)c(Cl)c3)n2)C(F)(F)F)ccc1OC1CC1. The first kappa shape index (κ1) is 25.8. The van der Waals surface area contributed by atoms with E-state index in [4.69, 9.17) is 21.1 Å². The van der Waals surface area contributed by atoms with Crippen molar-refractivity contribution in [2.75, 3.05) is 13.7 Å².